The van der Waals surface area contributed by atoms with Crippen molar-refractivity contribution in [2.24, 2.45) is 15.7 Å². The first-order valence-corrected chi connectivity index (χ1v) is 10.9. The van der Waals surface area contributed by atoms with Gasteiger partial charge in [0.05, 0.1) is 6.61 Å². The van der Waals surface area contributed by atoms with Crippen LogP contribution in [0.1, 0.15) is 31.4 Å². The van der Waals surface area contributed by atoms with Crippen molar-refractivity contribution in [3.8, 4) is 0 Å². The van der Waals surface area contributed by atoms with Crippen molar-refractivity contribution in [3.63, 3.8) is 0 Å². The lowest BCUT2D eigenvalue weighted by Gasteiger charge is -2.21. The molecule has 0 aliphatic carbocycles. The van der Waals surface area contributed by atoms with E-state index in [1.807, 2.05) is 19.1 Å². The Labute approximate surface area is 193 Å². The van der Waals surface area contributed by atoms with Gasteiger partial charge >= 0.3 is 0 Å². The van der Waals surface area contributed by atoms with Crippen LogP contribution < -0.4 is 16.4 Å². The lowest BCUT2D eigenvalue weighted by Crippen LogP contribution is -2.25. The van der Waals surface area contributed by atoms with Crippen LogP contribution in [0.3, 0.4) is 0 Å². The van der Waals surface area contributed by atoms with Crippen molar-refractivity contribution in [1.29, 1.82) is 0 Å². The lowest BCUT2D eigenvalue weighted by molar-refractivity contribution is 0.152. The molecular formula is C26H39N5O. The van der Waals surface area contributed by atoms with Gasteiger partial charge in [0.25, 0.3) is 0 Å². The molecule has 1 saturated heterocycles. The number of nitrogen functional groups attached to an aromatic ring is 1. The van der Waals surface area contributed by atoms with Gasteiger partial charge in [0, 0.05) is 43.8 Å². The summed E-state index contributed by atoms with van der Waals surface area (Å²) < 4.78 is 5.40. The van der Waals surface area contributed by atoms with Gasteiger partial charge in [-0.2, -0.15) is 0 Å². The predicted octanol–water partition coefficient (Wildman–Crippen LogP) is 4.77. The summed E-state index contributed by atoms with van der Waals surface area (Å²) in [4.78, 5) is 9.91. The Kier molecular flexibility index (Phi) is 13.4. The van der Waals surface area contributed by atoms with Crippen LogP contribution >= 0.6 is 0 Å². The summed E-state index contributed by atoms with van der Waals surface area (Å²) in [6.07, 6.45) is 2.80. The van der Waals surface area contributed by atoms with E-state index in [9.17, 15) is 0 Å². The van der Waals surface area contributed by atoms with Crippen LogP contribution in [0, 0.1) is 13.8 Å². The van der Waals surface area contributed by atoms with Gasteiger partial charge < -0.3 is 21.1 Å². The molecule has 1 fully saturated rings. The van der Waals surface area contributed by atoms with Crippen LogP contribution in [0.25, 0.3) is 0 Å². The van der Waals surface area contributed by atoms with Gasteiger partial charge in [-0.05, 0) is 70.7 Å². The number of anilines is 2. The molecule has 4 N–H and O–H groups in total. The largest absolute Gasteiger partial charge is 0.399 e. The smallest absolute Gasteiger partial charge is 0.124 e. The second-order valence-corrected chi connectivity index (χ2v) is 7.71. The summed E-state index contributed by atoms with van der Waals surface area (Å²) in [7, 11) is 0. The van der Waals surface area contributed by atoms with E-state index in [4.69, 9.17) is 16.2 Å². The minimum Gasteiger partial charge on any atom is -0.399 e. The lowest BCUT2D eigenvalue weighted by atomic mass is 10.2. The highest BCUT2D eigenvalue weighted by Crippen LogP contribution is 2.17. The molecule has 1 aliphatic rings. The Balaban J connectivity index is 0.000000252. The van der Waals surface area contributed by atoms with Gasteiger partial charge in [-0.3, -0.25) is 0 Å². The number of aryl methyl sites for hydroxylation is 2. The average molecular weight is 438 g/mol. The molecule has 32 heavy (non-hydrogen) atoms. The van der Waals surface area contributed by atoms with Crippen molar-refractivity contribution in [3.05, 3.63) is 71.4 Å². The van der Waals surface area contributed by atoms with Gasteiger partial charge in [-0.1, -0.05) is 35.4 Å². The number of hydrogen-bond acceptors (Lipinski definition) is 5. The zero-order valence-corrected chi connectivity index (χ0v) is 20.1. The molecule has 0 aromatic heterocycles. The fraction of sp³-hybridized carbons (Fsp3) is 0.385. The summed E-state index contributed by atoms with van der Waals surface area (Å²) in [5, 5.41) is 0. The first kappa shape index (κ1) is 27.1. The molecule has 2 aromatic carbocycles. The van der Waals surface area contributed by atoms with Crippen LogP contribution in [0.15, 0.2) is 70.3 Å². The van der Waals surface area contributed by atoms with Crippen LogP contribution in [0.5, 0.6) is 0 Å². The van der Waals surface area contributed by atoms with E-state index in [1.165, 1.54) is 16.8 Å². The molecule has 2 aromatic rings. The molecule has 6 heteroatoms. The molecule has 0 amide bonds. The molecular weight excluding hydrogens is 398 g/mol. The maximum absolute atomic E-state index is 5.64. The van der Waals surface area contributed by atoms with Crippen molar-refractivity contribution < 1.29 is 4.74 Å². The Bertz CT molecular complexity index is 813. The summed E-state index contributed by atoms with van der Waals surface area (Å²) >= 11 is 0. The average Bonchev–Trinajstić information content (AvgIpc) is 3.10. The fourth-order valence-corrected chi connectivity index (χ4v) is 2.62. The van der Waals surface area contributed by atoms with Gasteiger partial charge in [0.2, 0.25) is 0 Å². The third kappa shape index (κ3) is 12.0. The monoisotopic (exact) mass is 437 g/mol. The van der Waals surface area contributed by atoms with E-state index in [0.717, 1.165) is 44.0 Å². The highest BCUT2D eigenvalue weighted by molar-refractivity contribution is 5.84. The van der Waals surface area contributed by atoms with E-state index in [2.05, 4.69) is 71.8 Å². The third-order valence-electron chi connectivity index (χ3n) is 4.72. The predicted molar refractivity (Wildman–Crippen MR) is 140 cm³/mol. The van der Waals surface area contributed by atoms with Gasteiger partial charge in [0.1, 0.15) is 5.84 Å². The van der Waals surface area contributed by atoms with E-state index < -0.39 is 0 Å². The van der Waals surface area contributed by atoms with Gasteiger partial charge in [-0.15, -0.1) is 0 Å². The second-order valence-electron chi connectivity index (χ2n) is 7.71. The molecule has 0 bridgehead atoms. The summed E-state index contributed by atoms with van der Waals surface area (Å²) in [5.74, 6) is 0.660. The van der Waals surface area contributed by atoms with Crippen molar-refractivity contribution in [1.82, 2.24) is 0 Å². The molecule has 0 saturated carbocycles. The molecule has 6 nitrogen and oxygen atoms in total. The number of ether oxygens (including phenoxy) is 1. The minimum atomic E-state index is 0.536. The molecule has 1 heterocycles. The van der Waals surface area contributed by atoms with Crippen LogP contribution in [0.2, 0.25) is 0 Å². The summed E-state index contributed by atoms with van der Waals surface area (Å²) in [6, 6.07) is 16.5. The SMILES string of the molecule is C=NC(C)=N/C=C(/C)CN.Cc1ccc(C)cc1.Nc1ccc(N2CCCOCC2)cc1. The van der Waals surface area contributed by atoms with Crippen molar-refractivity contribution >= 4 is 23.9 Å². The van der Waals surface area contributed by atoms with Crippen LogP contribution in [-0.4, -0.2) is 45.4 Å². The Morgan fingerprint density at radius 3 is 2.12 bits per heavy atom. The summed E-state index contributed by atoms with van der Waals surface area (Å²) in [6.45, 7) is 15.5. The number of rotatable bonds is 3. The minimum absolute atomic E-state index is 0.536. The van der Waals surface area contributed by atoms with E-state index >= 15 is 0 Å². The normalized spacial score (nSPS) is 14.3. The third-order valence-corrected chi connectivity index (χ3v) is 4.72. The topological polar surface area (TPSA) is 89.2 Å². The second kappa shape index (κ2) is 15.8. The quantitative estimate of drug-likeness (QED) is 0.411. The number of hydrogen-bond donors (Lipinski definition) is 2. The van der Waals surface area contributed by atoms with E-state index in [-0.39, 0.29) is 0 Å². The number of benzene rings is 2. The first-order chi connectivity index (χ1) is 15.3. The van der Waals surface area contributed by atoms with Gasteiger partial charge in [0.15, 0.2) is 0 Å². The Hall–Kier alpha value is -2.96. The number of amidine groups is 1. The Morgan fingerprint density at radius 1 is 1.00 bits per heavy atom. The molecule has 0 atom stereocenters. The number of aliphatic imine (C=N–C) groups is 2. The Morgan fingerprint density at radius 2 is 1.59 bits per heavy atom. The molecule has 174 valence electrons. The molecule has 0 radical (unpaired) electrons. The van der Waals surface area contributed by atoms with E-state index in [0.29, 0.717) is 12.4 Å². The van der Waals surface area contributed by atoms with Crippen LogP contribution in [-0.2, 0) is 4.74 Å². The van der Waals surface area contributed by atoms with Gasteiger partial charge in [-0.25, -0.2) is 9.98 Å². The number of nitrogens with zero attached hydrogens (tertiary/aromatic N) is 3. The van der Waals surface area contributed by atoms with Crippen molar-refractivity contribution in [2.45, 2.75) is 34.1 Å². The zero-order valence-electron chi connectivity index (χ0n) is 20.1. The van der Waals surface area contributed by atoms with Crippen LogP contribution in [0.4, 0.5) is 11.4 Å². The zero-order chi connectivity index (χ0) is 23.8. The van der Waals surface area contributed by atoms with E-state index in [1.54, 1.807) is 13.1 Å². The highest BCUT2D eigenvalue weighted by atomic mass is 16.5. The molecule has 3 rings (SSSR count). The highest BCUT2D eigenvalue weighted by Gasteiger charge is 2.09. The van der Waals surface area contributed by atoms with Crippen molar-refractivity contribution in [2.75, 3.05) is 43.5 Å². The first-order valence-electron chi connectivity index (χ1n) is 10.9. The standard InChI is InChI=1S/C11H16N2O.C8H10.C7H13N3/c12-10-2-4-11(5-3-10)13-6-1-8-14-9-7-13;1-7-3-5-8(2)6-4-7;1-6(4-8)5-10-7(2)9-3/h2-5H,1,6-9,12H2;3-6H,1-2H3;5H,3-4,8H2,1-2H3/b;;6-5-,10-7?. The maximum atomic E-state index is 5.64. The maximum Gasteiger partial charge on any atom is 0.124 e. The molecule has 0 spiro atoms. The summed E-state index contributed by atoms with van der Waals surface area (Å²) in [5.41, 5.74) is 16.7. The fourth-order valence-electron chi connectivity index (χ4n) is 2.62. The number of nitrogens with two attached hydrogens (primary N) is 2. The molecule has 0 unspecified atom stereocenters. The molecule has 1 aliphatic heterocycles.